The van der Waals surface area contributed by atoms with Crippen LogP contribution in [0.4, 0.5) is 11.4 Å². The highest BCUT2D eigenvalue weighted by Crippen LogP contribution is 2.34. The van der Waals surface area contributed by atoms with Gasteiger partial charge in [0.15, 0.2) is 0 Å². The quantitative estimate of drug-likeness (QED) is 0.237. The van der Waals surface area contributed by atoms with E-state index in [2.05, 4.69) is 46.6 Å². The first-order chi connectivity index (χ1) is 14.5. The van der Waals surface area contributed by atoms with Crippen molar-refractivity contribution in [3.8, 4) is 17.1 Å². The van der Waals surface area contributed by atoms with Gasteiger partial charge in [-0.1, -0.05) is 6.58 Å². The zero-order valence-electron chi connectivity index (χ0n) is 18.1. The van der Waals surface area contributed by atoms with E-state index in [-0.39, 0.29) is 6.04 Å². The topological polar surface area (TPSA) is 107 Å². The highest BCUT2D eigenvalue weighted by atomic mass is 16.5. The van der Waals surface area contributed by atoms with Crippen molar-refractivity contribution in [3.63, 3.8) is 0 Å². The summed E-state index contributed by atoms with van der Waals surface area (Å²) in [6.45, 7) is 12.5. The maximum atomic E-state index is 8.28. The van der Waals surface area contributed by atoms with Gasteiger partial charge in [-0.15, -0.1) is 0 Å². The van der Waals surface area contributed by atoms with Crippen LogP contribution in [-0.4, -0.2) is 41.1 Å². The van der Waals surface area contributed by atoms with E-state index in [4.69, 9.17) is 15.1 Å². The summed E-state index contributed by atoms with van der Waals surface area (Å²) in [5, 5.41) is 19.2. The van der Waals surface area contributed by atoms with Crippen molar-refractivity contribution in [1.82, 2.24) is 15.4 Å². The molecule has 0 radical (unpaired) electrons. The summed E-state index contributed by atoms with van der Waals surface area (Å²) >= 11 is 0. The van der Waals surface area contributed by atoms with E-state index >= 15 is 0 Å². The molecular formula is C22H31N7O. The second-order valence-electron chi connectivity index (χ2n) is 6.85. The number of ether oxygens (including phenoxy) is 1. The van der Waals surface area contributed by atoms with Gasteiger partial charge in [0.25, 0.3) is 0 Å². The van der Waals surface area contributed by atoms with Crippen molar-refractivity contribution in [2.24, 2.45) is 5.10 Å². The van der Waals surface area contributed by atoms with Gasteiger partial charge in [-0.2, -0.15) is 5.10 Å². The van der Waals surface area contributed by atoms with Crippen LogP contribution in [0.2, 0.25) is 0 Å². The lowest BCUT2D eigenvalue weighted by Crippen LogP contribution is -2.17. The maximum Gasteiger partial charge on any atom is 0.222 e. The van der Waals surface area contributed by atoms with Crippen molar-refractivity contribution in [2.45, 2.75) is 40.2 Å². The fourth-order valence-corrected chi connectivity index (χ4v) is 2.81. The van der Waals surface area contributed by atoms with E-state index in [1.807, 2.05) is 25.1 Å². The molecule has 4 N–H and O–H groups in total. The smallest absolute Gasteiger partial charge is 0.222 e. The van der Waals surface area contributed by atoms with Crippen molar-refractivity contribution >= 4 is 23.3 Å². The van der Waals surface area contributed by atoms with E-state index in [0.29, 0.717) is 36.1 Å². The Morgan fingerprint density at radius 2 is 2.20 bits per heavy atom. The molecule has 30 heavy (non-hydrogen) atoms. The molecule has 0 bridgehead atoms. The number of anilines is 2. The Hall–Kier alpha value is -3.42. The number of pyridine rings is 2. The minimum atomic E-state index is 0.187. The van der Waals surface area contributed by atoms with Crippen LogP contribution in [-0.2, 0) is 0 Å². The molecule has 8 heteroatoms. The van der Waals surface area contributed by atoms with Crippen LogP contribution in [0.5, 0.6) is 5.88 Å². The van der Waals surface area contributed by atoms with Crippen LogP contribution in [0.25, 0.3) is 11.3 Å². The minimum Gasteiger partial charge on any atom is -0.477 e. The van der Waals surface area contributed by atoms with Gasteiger partial charge in [0, 0.05) is 37.6 Å². The van der Waals surface area contributed by atoms with Crippen LogP contribution in [0.3, 0.4) is 0 Å². The second kappa shape index (κ2) is 11.5. The first-order valence-electron chi connectivity index (χ1n) is 10.0. The number of aromatic nitrogens is 2. The second-order valence-corrected chi connectivity index (χ2v) is 6.85. The molecule has 0 saturated carbocycles. The fourth-order valence-electron chi connectivity index (χ4n) is 2.81. The molecule has 0 saturated heterocycles. The summed E-state index contributed by atoms with van der Waals surface area (Å²) in [6.07, 6.45) is 5.72. The molecule has 0 spiro atoms. The highest BCUT2D eigenvalue weighted by Gasteiger charge is 2.18. The normalized spacial score (nSPS) is 10.8. The van der Waals surface area contributed by atoms with Crippen molar-refractivity contribution in [1.29, 1.82) is 5.41 Å². The lowest BCUT2D eigenvalue weighted by molar-refractivity contribution is 0.328. The van der Waals surface area contributed by atoms with Crippen LogP contribution in [0.15, 0.2) is 42.3 Å². The van der Waals surface area contributed by atoms with E-state index in [1.165, 1.54) is 6.20 Å². The first kappa shape index (κ1) is 22.9. The van der Waals surface area contributed by atoms with Gasteiger partial charge in [0.1, 0.15) is 5.69 Å². The Morgan fingerprint density at radius 3 is 2.87 bits per heavy atom. The molecular weight excluding hydrogens is 378 g/mol. The molecule has 2 rings (SSSR count). The third kappa shape index (κ3) is 6.30. The fraction of sp³-hybridized carbons (Fsp3) is 0.364. The third-order valence-electron chi connectivity index (χ3n) is 3.98. The largest absolute Gasteiger partial charge is 0.477 e. The highest BCUT2D eigenvalue weighted by molar-refractivity contribution is 6.03. The lowest BCUT2D eigenvalue weighted by atomic mass is 10.1. The van der Waals surface area contributed by atoms with Gasteiger partial charge >= 0.3 is 0 Å². The summed E-state index contributed by atoms with van der Waals surface area (Å²) in [5.74, 6) is 0.527. The van der Waals surface area contributed by atoms with E-state index in [1.54, 1.807) is 19.3 Å². The number of hydrogen-bond acceptors (Lipinski definition) is 8. The number of rotatable bonds is 12. The molecule has 0 aliphatic rings. The van der Waals surface area contributed by atoms with Gasteiger partial charge in [-0.25, -0.2) is 9.97 Å². The molecule has 0 aliphatic heterocycles. The zero-order chi connectivity index (χ0) is 21.9. The van der Waals surface area contributed by atoms with E-state index in [0.717, 1.165) is 23.4 Å². The predicted molar refractivity (Wildman–Crippen MR) is 125 cm³/mol. The minimum absolute atomic E-state index is 0.187. The molecule has 0 fully saturated rings. The predicted octanol–water partition coefficient (Wildman–Crippen LogP) is 4.27. The maximum absolute atomic E-state index is 8.28. The van der Waals surface area contributed by atoms with Crippen molar-refractivity contribution in [2.75, 3.05) is 23.8 Å². The summed E-state index contributed by atoms with van der Waals surface area (Å²) in [4.78, 5) is 9.11. The molecule has 0 aliphatic carbocycles. The molecule has 160 valence electrons. The summed E-state index contributed by atoms with van der Waals surface area (Å²) in [7, 11) is 0. The molecule has 0 aromatic carbocycles. The first-order valence-corrected chi connectivity index (χ1v) is 10.0. The monoisotopic (exact) mass is 409 g/mol. The molecule has 8 nitrogen and oxygen atoms in total. The van der Waals surface area contributed by atoms with E-state index in [9.17, 15) is 0 Å². The number of hydrazone groups is 1. The van der Waals surface area contributed by atoms with Crippen molar-refractivity contribution in [3.05, 3.63) is 42.9 Å². The standard InChI is InChI=1S/C22H31N7O/c1-6-26-27-13-9-12-24-19-14-18(17-10-8-11-25-22(17)30-7-2)29-20(16(5)23)21(19)28-15(3)4/h6,8,10-11,13-15,23,26,28H,1,7,9,12H2,2-5H3,(H,24,29)/b23-16?,27-13-. The molecule has 0 unspecified atom stereocenters. The Bertz CT molecular complexity index is 893. The van der Waals surface area contributed by atoms with E-state index < -0.39 is 0 Å². The van der Waals surface area contributed by atoms with Crippen LogP contribution >= 0.6 is 0 Å². The number of nitrogens with one attached hydrogen (secondary N) is 4. The molecule has 0 atom stereocenters. The van der Waals surface area contributed by atoms with Crippen LogP contribution in [0.1, 0.15) is 39.8 Å². The van der Waals surface area contributed by atoms with Gasteiger partial charge < -0.3 is 20.8 Å². The molecule has 2 aromatic heterocycles. The van der Waals surface area contributed by atoms with Crippen molar-refractivity contribution < 1.29 is 4.74 Å². The van der Waals surface area contributed by atoms with Crippen LogP contribution < -0.4 is 20.8 Å². The number of hydrogen-bond donors (Lipinski definition) is 4. The van der Waals surface area contributed by atoms with Crippen LogP contribution in [0, 0.1) is 5.41 Å². The van der Waals surface area contributed by atoms with Gasteiger partial charge in [-0.3, -0.25) is 5.43 Å². The Morgan fingerprint density at radius 1 is 1.40 bits per heavy atom. The summed E-state index contributed by atoms with van der Waals surface area (Å²) in [6, 6.07) is 5.94. The average molecular weight is 410 g/mol. The Kier molecular flexibility index (Phi) is 8.80. The van der Waals surface area contributed by atoms with Gasteiger partial charge in [0.2, 0.25) is 5.88 Å². The Labute approximate surface area is 178 Å². The molecule has 0 amide bonds. The number of nitrogens with zero attached hydrogens (tertiary/aromatic N) is 3. The zero-order valence-corrected chi connectivity index (χ0v) is 18.1. The summed E-state index contributed by atoms with van der Waals surface area (Å²) < 4.78 is 5.69. The molecule has 2 heterocycles. The van der Waals surface area contributed by atoms with Gasteiger partial charge in [0.05, 0.1) is 35.0 Å². The summed E-state index contributed by atoms with van der Waals surface area (Å²) in [5.41, 5.74) is 6.83. The third-order valence-corrected chi connectivity index (χ3v) is 3.98. The Balaban J connectivity index is 2.48. The van der Waals surface area contributed by atoms with Gasteiger partial charge in [-0.05, 0) is 45.9 Å². The molecule has 2 aromatic rings. The average Bonchev–Trinajstić information content (AvgIpc) is 2.71. The SMILES string of the molecule is C=CN/N=C\CCNc1cc(-c2cccnc2OCC)nc(C(C)=N)c1NC(C)C. The lowest BCUT2D eigenvalue weighted by Gasteiger charge is -2.21.